The van der Waals surface area contributed by atoms with Crippen LogP contribution in [-0.2, 0) is 13.2 Å². The number of nitrogens with zero attached hydrogens (tertiary/aromatic N) is 2. The van der Waals surface area contributed by atoms with E-state index in [4.69, 9.17) is 39.5 Å². The van der Waals surface area contributed by atoms with Crippen molar-refractivity contribution in [2.45, 2.75) is 13.2 Å². The fourth-order valence-electron chi connectivity index (χ4n) is 3.02. The molecule has 0 saturated carbocycles. The van der Waals surface area contributed by atoms with Gasteiger partial charge in [0.2, 0.25) is 0 Å². The van der Waals surface area contributed by atoms with Crippen molar-refractivity contribution in [2.75, 3.05) is 5.32 Å². The Morgan fingerprint density at radius 2 is 1.59 bits per heavy atom. The lowest BCUT2D eigenvalue weighted by atomic mass is 10.1. The number of nitrogens with one attached hydrogen (secondary N) is 1. The first-order chi connectivity index (χ1) is 15.5. The predicted molar refractivity (Wildman–Crippen MR) is 128 cm³/mol. The third-order valence-corrected chi connectivity index (χ3v) is 5.40. The van der Waals surface area contributed by atoms with Crippen LogP contribution in [0.2, 0.25) is 15.1 Å². The molecule has 0 aliphatic carbocycles. The monoisotopic (exact) mass is 485 g/mol. The maximum absolute atomic E-state index is 12.7. The number of hydrogen-bond donors (Lipinski definition) is 1. The molecule has 4 aromatic rings. The molecule has 32 heavy (non-hydrogen) atoms. The lowest BCUT2D eigenvalue weighted by molar-refractivity contribution is 0.102. The van der Waals surface area contributed by atoms with Crippen LogP contribution in [0.3, 0.4) is 0 Å². The lowest BCUT2D eigenvalue weighted by Gasteiger charge is -2.08. The van der Waals surface area contributed by atoms with E-state index in [1.165, 1.54) is 0 Å². The second kappa shape index (κ2) is 10.1. The van der Waals surface area contributed by atoms with Crippen molar-refractivity contribution < 1.29 is 9.53 Å². The summed E-state index contributed by atoms with van der Waals surface area (Å²) in [4.78, 5) is 12.7. The number of aromatic nitrogens is 2. The van der Waals surface area contributed by atoms with Gasteiger partial charge in [0.25, 0.3) is 5.91 Å². The van der Waals surface area contributed by atoms with Crippen LogP contribution in [0.4, 0.5) is 5.82 Å². The highest BCUT2D eigenvalue weighted by Gasteiger charge is 2.13. The molecule has 0 fully saturated rings. The van der Waals surface area contributed by atoms with Gasteiger partial charge in [-0.05, 0) is 59.7 Å². The summed E-state index contributed by atoms with van der Waals surface area (Å²) in [5.74, 6) is 0.688. The molecule has 0 unspecified atom stereocenters. The van der Waals surface area contributed by atoms with Gasteiger partial charge in [0.15, 0.2) is 5.82 Å². The fourth-order valence-corrected chi connectivity index (χ4v) is 3.47. The number of halogens is 3. The number of anilines is 1. The SMILES string of the molecule is O=C(Nc1nn(Cc2ccc(Cl)cc2)cc1Cl)c1cccc(COc2ccc(Cl)cc2)c1. The lowest BCUT2D eigenvalue weighted by Crippen LogP contribution is -2.13. The summed E-state index contributed by atoms with van der Waals surface area (Å²) in [5, 5.41) is 8.82. The molecule has 0 aliphatic heterocycles. The fraction of sp³-hybridized carbons (Fsp3) is 0.0833. The second-order valence-electron chi connectivity index (χ2n) is 7.05. The third-order valence-electron chi connectivity index (χ3n) is 4.62. The van der Waals surface area contributed by atoms with Crippen LogP contribution >= 0.6 is 34.8 Å². The zero-order valence-electron chi connectivity index (χ0n) is 16.8. The first-order valence-electron chi connectivity index (χ1n) is 9.72. The molecule has 1 aromatic heterocycles. The van der Waals surface area contributed by atoms with Crippen LogP contribution < -0.4 is 10.1 Å². The van der Waals surface area contributed by atoms with E-state index in [0.29, 0.717) is 45.4 Å². The molecule has 5 nitrogen and oxygen atoms in total. The highest BCUT2D eigenvalue weighted by atomic mass is 35.5. The van der Waals surface area contributed by atoms with Gasteiger partial charge in [-0.25, -0.2) is 0 Å². The molecule has 8 heteroatoms. The molecule has 1 N–H and O–H groups in total. The topological polar surface area (TPSA) is 56.2 Å². The Morgan fingerprint density at radius 3 is 2.31 bits per heavy atom. The Kier molecular flexibility index (Phi) is 7.00. The quantitative estimate of drug-likeness (QED) is 0.315. The van der Waals surface area contributed by atoms with Crippen molar-refractivity contribution in [3.8, 4) is 5.75 Å². The maximum Gasteiger partial charge on any atom is 0.256 e. The van der Waals surface area contributed by atoms with Crippen molar-refractivity contribution in [2.24, 2.45) is 0 Å². The van der Waals surface area contributed by atoms with E-state index in [1.807, 2.05) is 30.3 Å². The molecule has 0 aliphatic rings. The van der Waals surface area contributed by atoms with E-state index in [9.17, 15) is 4.79 Å². The predicted octanol–water partition coefficient (Wildman–Crippen LogP) is 6.72. The summed E-state index contributed by atoms with van der Waals surface area (Å²) in [5.41, 5.74) is 2.34. The number of carbonyl (C=O) groups is 1. The molecule has 0 spiro atoms. The number of carbonyl (C=O) groups excluding carboxylic acids is 1. The number of hydrogen-bond acceptors (Lipinski definition) is 3. The van der Waals surface area contributed by atoms with E-state index in [0.717, 1.165) is 11.1 Å². The molecule has 4 rings (SSSR count). The minimum atomic E-state index is -0.308. The van der Waals surface area contributed by atoms with Crippen LogP contribution in [0.1, 0.15) is 21.5 Å². The van der Waals surface area contributed by atoms with Gasteiger partial charge in [-0.3, -0.25) is 9.48 Å². The highest BCUT2D eigenvalue weighted by Crippen LogP contribution is 2.22. The Hall–Kier alpha value is -2.99. The number of amides is 1. The van der Waals surface area contributed by atoms with Gasteiger partial charge in [-0.2, -0.15) is 5.10 Å². The summed E-state index contributed by atoms with van der Waals surface area (Å²) in [7, 11) is 0. The molecule has 162 valence electrons. The Morgan fingerprint density at radius 1 is 0.906 bits per heavy atom. The van der Waals surface area contributed by atoms with Gasteiger partial charge in [0, 0.05) is 21.8 Å². The first kappa shape index (κ1) is 22.2. The van der Waals surface area contributed by atoms with Crippen LogP contribution in [0.15, 0.2) is 79.0 Å². The Bertz CT molecular complexity index is 1220. The summed E-state index contributed by atoms with van der Waals surface area (Å²) < 4.78 is 7.42. The zero-order chi connectivity index (χ0) is 22.5. The molecular formula is C24H18Cl3N3O2. The molecule has 0 bridgehead atoms. The van der Waals surface area contributed by atoms with Crippen molar-refractivity contribution in [1.82, 2.24) is 9.78 Å². The van der Waals surface area contributed by atoms with E-state index < -0.39 is 0 Å². The van der Waals surface area contributed by atoms with E-state index in [1.54, 1.807) is 53.3 Å². The summed E-state index contributed by atoms with van der Waals surface area (Å²) in [6, 6.07) is 21.7. The third kappa shape index (κ3) is 5.82. The zero-order valence-corrected chi connectivity index (χ0v) is 19.0. The molecule has 0 atom stereocenters. The molecule has 1 amide bonds. The van der Waals surface area contributed by atoms with Crippen molar-refractivity contribution in [3.63, 3.8) is 0 Å². The minimum absolute atomic E-state index is 0.299. The molecule has 0 saturated heterocycles. The Labute approximate surface area is 200 Å². The molecule has 1 heterocycles. The van der Waals surface area contributed by atoms with Gasteiger partial charge >= 0.3 is 0 Å². The van der Waals surface area contributed by atoms with Gasteiger partial charge in [0.05, 0.1) is 6.54 Å². The Balaban J connectivity index is 1.40. The van der Waals surface area contributed by atoms with E-state index in [2.05, 4.69) is 10.4 Å². The summed E-state index contributed by atoms with van der Waals surface area (Å²) in [6.45, 7) is 0.823. The largest absolute Gasteiger partial charge is 0.489 e. The highest BCUT2D eigenvalue weighted by molar-refractivity contribution is 6.33. The molecule has 3 aromatic carbocycles. The van der Waals surface area contributed by atoms with Crippen molar-refractivity contribution >= 4 is 46.5 Å². The number of ether oxygens (including phenoxy) is 1. The summed E-state index contributed by atoms with van der Waals surface area (Å²) in [6.07, 6.45) is 1.67. The van der Waals surface area contributed by atoms with Gasteiger partial charge in [-0.15, -0.1) is 0 Å². The maximum atomic E-state index is 12.7. The van der Waals surface area contributed by atoms with E-state index >= 15 is 0 Å². The average molecular weight is 487 g/mol. The summed E-state index contributed by atoms with van der Waals surface area (Å²) >= 11 is 18.1. The van der Waals surface area contributed by atoms with Crippen LogP contribution in [0, 0.1) is 0 Å². The number of rotatable bonds is 7. The second-order valence-corrected chi connectivity index (χ2v) is 8.33. The van der Waals surface area contributed by atoms with Crippen molar-refractivity contribution in [3.05, 3.63) is 111 Å². The normalized spacial score (nSPS) is 10.7. The average Bonchev–Trinajstić information content (AvgIpc) is 3.13. The smallest absolute Gasteiger partial charge is 0.256 e. The van der Waals surface area contributed by atoms with Crippen LogP contribution in [0.5, 0.6) is 5.75 Å². The van der Waals surface area contributed by atoms with Gasteiger partial charge in [-0.1, -0.05) is 59.1 Å². The van der Waals surface area contributed by atoms with E-state index in [-0.39, 0.29) is 5.91 Å². The number of benzene rings is 3. The van der Waals surface area contributed by atoms with Gasteiger partial charge in [0.1, 0.15) is 17.4 Å². The first-order valence-corrected chi connectivity index (χ1v) is 10.9. The molecule has 0 radical (unpaired) electrons. The standard InChI is InChI=1S/C24H18Cl3N3O2/c25-19-6-4-16(5-7-19)13-30-14-22(27)23(29-30)28-24(31)18-3-1-2-17(12-18)15-32-21-10-8-20(26)9-11-21/h1-12,14H,13,15H2,(H,28,29,31). The minimum Gasteiger partial charge on any atom is -0.489 e. The van der Waals surface area contributed by atoms with Crippen molar-refractivity contribution in [1.29, 1.82) is 0 Å². The molecular weight excluding hydrogens is 469 g/mol. The van der Waals surface area contributed by atoms with Crippen LogP contribution in [0.25, 0.3) is 0 Å². The van der Waals surface area contributed by atoms with Gasteiger partial charge < -0.3 is 10.1 Å². The van der Waals surface area contributed by atoms with Crippen LogP contribution in [-0.4, -0.2) is 15.7 Å².